The van der Waals surface area contributed by atoms with Gasteiger partial charge in [-0.3, -0.25) is 0 Å². The average molecular weight is 301 g/mol. The molecule has 114 valence electrons. The van der Waals surface area contributed by atoms with Crippen molar-refractivity contribution in [3.05, 3.63) is 29.8 Å². The van der Waals surface area contributed by atoms with Crippen LogP contribution >= 0.6 is 0 Å². The number of hydrogen-bond donors (Lipinski definition) is 2. The van der Waals surface area contributed by atoms with E-state index in [9.17, 15) is 13.5 Å². The van der Waals surface area contributed by atoms with Gasteiger partial charge in [-0.1, -0.05) is 12.1 Å². The summed E-state index contributed by atoms with van der Waals surface area (Å²) >= 11 is 0. The van der Waals surface area contributed by atoms with E-state index < -0.39 is 16.1 Å². The van der Waals surface area contributed by atoms with E-state index in [-0.39, 0.29) is 24.1 Å². The Morgan fingerprint density at radius 2 is 1.90 bits per heavy atom. The summed E-state index contributed by atoms with van der Waals surface area (Å²) in [6.07, 6.45) is -0.317. The molecule has 0 bridgehead atoms. The predicted octanol–water partition coefficient (Wildman–Crippen LogP) is 1.52. The summed E-state index contributed by atoms with van der Waals surface area (Å²) in [5.74, 6) is 0. The second-order valence-corrected chi connectivity index (χ2v) is 6.93. The number of benzene rings is 1. The van der Waals surface area contributed by atoms with Crippen LogP contribution in [0, 0.1) is 0 Å². The van der Waals surface area contributed by atoms with Crippen molar-refractivity contribution in [1.29, 1.82) is 0 Å². The van der Waals surface area contributed by atoms with Gasteiger partial charge in [0.2, 0.25) is 10.0 Å². The summed E-state index contributed by atoms with van der Waals surface area (Å²) in [5.41, 5.74) is 0.567. The summed E-state index contributed by atoms with van der Waals surface area (Å²) < 4.78 is 26.6. The smallest absolute Gasteiger partial charge is 0.243 e. The molecular weight excluding hydrogens is 278 g/mol. The zero-order chi connectivity index (χ0) is 15.3. The van der Waals surface area contributed by atoms with Crippen molar-refractivity contribution in [2.24, 2.45) is 0 Å². The average Bonchev–Trinajstić information content (AvgIpc) is 2.38. The highest BCUT2D eigenvalue weighted by atomic mass is 32.2. The molecule has 1 atom stereocenters. The molecule has 0 heterocycles. The molecule has 5 nitrogen and oxygen atoms in total. The molecule has 20 heavy (non-hydrogen) atoms. The normalized spacial score (nSPS) is 13.9. The minimum absolute atomic E-state index is 0.0492. The van der Waals surface area contributed by atoms with Crippen LogP contribution in [0.4, 0.5) is 0 Å². The number of nitrogens with zero attached hydrogens (tertiary/aromatic N) is 1. The Bertz CT molecular complexity index is 526. The number of rotatable bonds is 7. The van der Waals surface area contributed by atoms with Gasteiger partial charge in [0.1, 0.15) is 0 Å². The zero-order valence-electron chi connectivity index (χ0n) is 12.2. The molecule has 0 aliphatic heterocycles. The van der Waals surface area contributed by atoms with Gasteiger partial charge < -0.3 is 10.2 Å². The van der Waals surface area contributed by atoms with Gasteiger partial charge in [0.05, 0.1) is 11.0 Å². The Labute approximate surface area is 120 Å². The van der Waals surface area contributed by atoms with Crippen molar-refractivity contribution in [2.45, 2.75) is 44.2 Å². The molecule has 2 N–H and O–H groups in total. The van der Waals surface area contributed by atoms with Crippen molar-refractivity contribution < 1.29 is 18.6 Å². The third kappa shape index (κ3) is 4.02. The molecule has 6 heteroatoms. The maximum atomic E-state index is 12.6. The lowest BCUT2D eigenvalue weighted by molar-refractivity contribution is 0.199. The van der Waals surface area contributed by atoms with Crippen molar-refractivity contribution in [1.82, 2.24) is 4.31 Å². The van der Waals surface area contributed by atoms with Crippen LogP contribution in [0.25, 0.3) is 0 Å². The molecule has 1 unspecified atom stereocenters. The summed E-state index contributed by atoms with van der Waals surface area (Å²) in [6.45, 7) is 5.42. The maximum absolute atomic E-state index is 12.6. The van der Waals surface area contributed by atoms with Crippen molar-refractivity contribution >= 4 is 10.0 Å². The number of aliphatic hydroxyl groups is 2. The zero-order valence-corrected chi connectivity index (χ0v) is 13.0. The Kier molecular flexibility index (Phi) is 6.13. The molecule has 0 aromatic heterocycles. The maximum Gasteiger partial charge on any atom is 0.243 e. The highest BCUT2D eigenvalue weighted by molar-refractivity contribution is 7.89. The van der Waals surface area contributed by atoms with Crippen LogP contribution in [-0.2, 0) is 10.0 Å². The lowest BCUT2D eigenvalue weighted by Crippen LogP contribution is -2.38. The third-order valence-electron chi connectivity index (χ3n) is 3.06. The standard InChI is InChI=1S/C14H23NO4S/c1-11(2)15(8-5-9-16)20(18,19)14-7-4-6-13(10-14)12(3)17/h4,6-7,10-12,16-17H,5,8-9H2,1-3H3. The summed E-state index contributed by atoms with van der Waals surface area (Å²) in [4.78, 5) is 0.169. The molecule has 0 aliphatic carbocycles. The first-order valence-electron chi connectivity index (χ1n) is 6.71. The minimum atomic E-state index is -3.62. The molecule has 0 saturated heterocycles. The molecule has 0 fully saturated rings. The van der Waals surface area contributed by atoms with Gasteiger partial charge >= 0.3 is 0 Å². The largest absolute Gasteiger partial charge is 0.396 e. The first kappa shape index (κ1) is 17.1. The van der Waals surface area contributed by atoms with Gasteiger partial charge in [0.15, 0.2) is 0 Å². The van der Waals surface area contributed by atoms with Gasteiger partial charge in [-0.15, -0.1) is 0 Å². The Morgan fingerprint density at radius 3 is 2.40 bits per heavy atom. The highest BCUT2D eigenvalue weighted by Gasteiger charge is 2.26. The third-order valence-corrected chi connectivity index (χ3v) is 5.13. The summed E-state index contributed by atoms with van der Waals surface area (Å²) in [7, 11) is -3.62. The monoisotopic (exact) mass is 301 g/mol. The summed E-state index contributed by atoms with van der Waals surface area (Å²) in [5, 5.41) is 18.5. The van der Waals surface area contributed by atoms with Crippen molar-refractivity contribution in [3.63, 3.8) is 0 Å². The predicted molar refractivity (Wildman–Crippen MR) is 77.8 cm³/mol. The van der Waals surface area contributed by atoms with Gasteiger partial charge in [-0.2, -0.15) is 4.31 Å². The quantitative estimate of drug-likeness (QED) is 0.800. The van der Waals surface area contributed by atoms with Crippen LogP contribution in [-0.4, -0.2) is 42.1 Å². The van der Waals surface area contributed by atoms with E-state index in [1.54, 1.807) is 32.9 Å². The molecule has 1 rings (SSSR count). The van der Waals surface area contributed by atoms with E-state index in [0.29, 0.717) is 12.0 Å². The number of hydrogen-bond acceptors (Lipinski definition) is 4. The SMILES string of the molecule is CC(O)c1cccc(S(=O)(=O)N(CCCO)C(C)C)c1. The fraction of sp³-hybridized carbons (Fsp3) is 0.571. The fourth-order valence-corrected chi connectivity index (χ4v) is 3.68. The van der Waals surface area contributed by atoms with Crippen LogP contribution in [0.3, 0.4) is 0 Å². The first-order chi connectivity index (χ1) is 9.30. The molecule has 1 aromatic rings. The molecule has 0 spiro atoms. The Hall–Kier alpha value is -0.950. The van der Waals surface area contributed by atoms with Gasteiger partial charge in [-0.05, 0) is 44.9 Å². The minimum Gasteiger partial charge on any atom is -0.396 e. The molecule has 1 aromatic carbocycles. The molecule has 0 saturated carbocycles. The molecular formula is C14H23NO4S. The lowest BCUT2D eigenvalue weighted by atomic mass is 10.1. The van der Waals surface area contributed by atoms with E-state index in [1.807, 2.05) is 0 Å². The van der Waals surface area contributed by atoms with Crippen LogP contribution in [0.15, 0.2) is 29.2 Å². The molecule has 0 aliphatic rings. The Balaban J connectivity index is 3.15. The second kappa shape index (κ2) is 7.17. The van der Waals surface area contributed by atoms with E-state index in [0.717, 1.165) is 0 Å². The van der Waals surface area contributed by atoms with Crippen LogP contribution in [0.1, 0.15) is 38.9 Å². The van der Waals surface area contributed by atoms with E-state index in [1.165, 1.54) is 16.4 Å². The summed E-state index contributed by atoms with van der Waals surface area (Å²) in [6, 6.07) is 6.14. The molecule has 0 amide bonds. The van der Waals surface area contributed by atoms with E-state index in [2.05, 4.69) is 0 Å². The molecule has 0 radical (unpaired) electrons. The van der Waals surface area contributed by atoms with Gasteiger partial charge in [0.25, 0.3) is 0 Å². The number of aliphatic hydroxyl groups excluding tert-OH is 2. The van der Waals surface area contributed by atoms with Gasteiger partial charge in [-0.25, -0.2) is 8.42 Å². The second-order valence-electron chi connectivity index (χ2n) is 5.04. The first-order valence-corrected chi connectivity index (χ1v) is 8.15. The lowest BCUT2D eigenvalue weighted by Gasteiger charge is -2.26. The number of sulfonamides is 1. The van der Waals surface area contributed by atoms with Crippen LogP contribution in [0.2, 0.25) is 0 Å². The van der Waals surface area contributed by atoms with Crippen LogP contribution in [0.5, 0.6) is 0 Å². The van der Waals surface area contributed by atoms with Crippen LogP contribution < -0.4 is 0 Å². The van der Waals surface area contributed by atoms with Crippen molar-refractivity contribution in [3.8, 4) is 0 Å². The van der Waals surface area contributed by atoms with E-state index >= 15 is 0 Å². The topological polar surface area (TPSA) is 77.8 Å². The Morgan fingerprint density at radius 1 is 1.25 bits per heavy atom. The van der Waals surface area contributed by atoms with E-state index in [4.69, 9.17) is 5.11 Å². The van der Waals surface area contributed by atoms with Gasteiger partial charge in [0, 0.05) is 19.2 Å². The highest BCUT2D eigenvalue weighted by Crippen LogP contribution is 2.22. The van der Waals surface area contributed by atoms with Crippen molar-refractivity contribution in [2.75, 3.05) is 13.2 Å². The fourth-order valence-electron chi connectivity index (χ4n) is 1.95.